The highest BCUT2D eigenvalue weighted by Crippen LogP contribution is 2.36. The highest BCUT2D eigenvalue weighted by atomic mass is 35.5. The maximum absolute atomic E-state index is 12.5. The summed E-state index contributed by atoms with van der Waals surface area (Å²) in [7, 11) is 3.04. The van der Waals surface area contributed by atoms with E-state index in [9.17, 15) is 4.79 Å². The van der Waals surface area contributed by atoms with E-state index in [2.05, 4.69) is 5.32 Å². The number of anilines is 1. The predicted molar refractivity (Wildman–Crippen MR) is 90.1 cm³/mol. The number of rotatable bonds is 6. The molecule has 2 aromatic carbocycles. The molecule has 0 bridgehead atoms. The average molecular weight is 336 g/mol. The molecule has 2 aromatic rings. The van der Waals surface area contributed by atoms with Gasteiger partial charge in [-0.15, -0.1) is 0 Å². The summed E-state index contributed by atoms with van der Waals surface area (Å²) < 4.78 is 15.9. The summed E-state index contributed by atoms with van der Waals surface area (Å²) in [6.45, 7) is 2.28. The van der Waals surface area contributed by atoms with E-state index in [1.165, 1.54) is 13.2 Å². The van der Waals surface area contributed by atoms with E-state index in [-0.39, 0.29) is 5.91 Å². The summed E-state index contributed by atoms with van der Waals surface area (Å²) in [5, 5.41) is 3.10. The van der Waals surface area contributed by atoms with Gasteiger partial charge in [0.05, 0.1) is 31.5 Å². The second-order valence-electron chi connectivity index (χ2n) is 4.58. The predicted octanol–water partition coefficient (Wildman–Crippen LogP) is 4.01. The topological polar surface area (TPSA) is 56.8 Å². The Morgan fingerprint density at radius 2 is 1.87 bits per heavy atom. The molecular formula is C17H18ClNO4. The van der Waals surface area contributed by atoms with Crippen molar-refractivity contribution in [3.8, 4) is 17.2 Å². The van der Waals surface area contributed by atoms with Crippen LogP contribution in [-0.4, -0.2) is 26.7 Å². The fourth-order valence-electron chi connectivity index (χ4n) is 2.10. The van der Waals surface area contributed by atoms with Gasteiger partial charge in [-0.2, -0.15) is 0 Å². The highest BCUT2D eigenvalue weighted by Gasteiger charge is 2.16. The molecule has 0 aliphatic heterocycles. The van der Waals surface area contributed by atoms with Gasteiger partial charge in [0.1, 0.15) is 5.75 Å². The van der Waals surface area contributed by atoms with Gasteiger partial charge >= 0.3 is 0 Å². The first-order chi connectivity index (χ1) is 11.1. The van der Waals surface area contributed by atoms with Crippen LogP contribution < -0.4 is 19.5 Å². The minimum absolute atomic E-state index is 0.309. The van der Waals surface area contributed by atoms with Crippen LogP contribution in [0.15, 0.2) is 36.4 Å². The number of amides is 1. The van der Waals surface area contributed by atoms with Crippen molar-refractivity contribution in [1.82, 2.24) is 0 Å². The molecule has 2 rings (SSSR count). The zero-order chi connectivity index (χ0) is 16.8. The Labute approximate surface area is 140 Å². The molecule has 0 aliphatic carbocycles. The number of halogens is 1. The van der Waals surface area contributed by atoms with Crippen molar-refractivity contribution in [2.45, 2.75) is 6.92 Å². The normalized spacial score (nSPS) is 10.1. The van der Waals surface area contributed by atoms with Crippen LogP contribution in [0, 0.1) is 0 Å². The summed E-state index contributed by atoms with van der Waals surface area (Å²) in [5.41, 5.74) is 0.940. The zero-order valence-corrected chi connectivity index (χ0v) is 13.9. The van der Waals surface area contributed by atoms with Crippen LogP contribution in [-0.2, 0) is 0 Å². The van der Waals surface area contributed by atoms with E-state index in [0.717, 1.165) is 0 Å². The molecule has 6 heteroatoms. The SMILES string of the molecule is CCOc1cc(C(=O)Nc2ccccc2OC)cc(Cl)c1OC. The number of carbonyl (C=O) groups is 1. The second kappa shape index (κ2) is 7.74. The van der Waals surface area contributed by atoms with Gasteiger partial charge in [0, 0.05) is 5.56 Å². The zero-order valence-electron chi connectivity index (χ0n) is 13.2. The van der Waals surface area contributed by atoms with Gasteiger partial charge in [0.15, 0.2) is 11.5 Å². The Balaban J connectivity index is 2.32. The number of para-hydroxylation sites is 2. The maximum Gasteiger partial charge on any atom is 0.255 e. The van der Waals surface area contributed by atoms with E-state index < -0.39 is 0 Å². The summed E-state index contributed by atoms with van der Waals surface area (Å²) in [6.07, 6.45) is 0. The quantitative estimate of drug-likeness (QED) is 0.866. The summed E-state index contributed by atoms with van der Waals surface area (Å²) in [4.78, 5) is 12.5. The van der Waals surface area contributed by atoms with E-state index in [1.54, 1.807) is 25.3 Å². The number of benzene rings is 2. The minimum atomic E-state index is -0.319. The van der Waals surface area contributed by atoms with Crippen LogP contribution in [0.5, 0.6) is 17.2 Å². The first-order valence-corrected chi connectivity index (χ1v) is 7.43. The third-order valence-electron chi connectivity index (χ3n) is 3.13. The first-order valence-electron chi connectivity index (χ1n) is 7.05. The number of hydrogen-bond donors (Lipinski definition) is 1. The van der Waals surface area contributed by atoms with Gasteiger partial charge in [-0.25, -0.2) is 0 Å². The largest absolute Gasteiger partial charge is 0.495 e. The molecule has 0 saturated carbocycles. The lowest BCUT2D eigenvalue weighted by atomic mass is 10.1. The molecule has 0 heterocycles. The van der Waals surface area contributed by atoms with Gasteiger partial charge in [-0.1, -0.05) is 23.7 Å². The molecule has 0 spiro atoms. The molecule has 0 aromatic heterocycles. The van der Waals surface area contributed by atoms with Crippen molar-refractivity contribution in [2.24, 2.45) is 0 Å². The Hall–Kier alpha value is -2.40. The van der Waals surface area contributed by atoms with Gasteiger partial charge in [-0.05, 0) is 31.2 Å². The smallest absolute Gasteiger partial charge is 0.255 e. The van der Waals surface area contributed by atoms with Crippen molar-refractivity contribution >= 4 is 23.2 Å². The molecule has 0 unspecified atom stereocenters. The monoisotopic (exact) mass is 335 g/mol. The molecule has 0 atom stereocenters. The van der Waals surface area contributed by atoms with E-state index in [1.807, 2.05) is 19.1 Å². The standard InChI is InChI=1S/C17H18ClNO4/c1-4-23-15-10-11(9-12(18)16(15)22-3)17(20)19-13-7-5-6-8-14(13)21-2/h5-10H,4H2,1-3H3,(H,19,20). The fourth-order valence-corrected chi connectivity index (χ4v) is 2.39. The number of methoxy groups -OCH3 is 2. The van der Waals surface area contributed by atoms with Gasteiger partial charge in [-0.3, -0.25) is 4.79 Å². The van der Waals surface area contributed by atoms with Crippen molar-refractivity contribution in [3.05, 3.63) is 47.0 Å². The van der Waals surface area contributed by atoms with Crippen LogP contribution >= 0.6 is 11.6 Å². The van der Waals surface area contributed by atoms with Crippen molar-refractivity contribution in [3.63, 3.8) is 0 Å². The van der Waals surface area contributed by atoms with Crippen molar-refractivity contribution < 1.29 is 19.0 Å². The van der Waals surface area contributed by atoms with Crippen LogP contribution in [0.4, 0.5) is 5.69 Å². The molecule has 0 fully saturated rings. The Kier molecular flexibility index (Phi) is 5.71. The Morgan fingerprint density at radius 1 is 1.13 bits per heavy atom. The lowest BCUT2D eigenvalue weighted by molar-refractivity contribution is 0.102. The van der Waals surface area contributed by atoms with Crippen molar-refractivity contribution in [1.29, 1.82) is 0 Å². The third-order valence-corrected chi connectivity index (χ3v) is 3.41. The lowest BCUT2D eigenvalue weighted by Gasteiger charge is -2.14. The number of ether oxygens (including phenoxy) is 3. The Morgan fingerprint density at radius 3 is 2.52 bits per heavy atom. The highest BCUT2D eigenvalue weighted by molar-refractivity contribution is 6.32. The molecule has 23 heavy (non-hydrogen) atoms. The molecule has 1 amide bonds. The van der Waals surface area contributed by atoms with Gasteiger partial charge in [0.25, 0.3) is 5.91 Å². The maximum atomic E-state index is 12.5. The average Bonchev–Trinajstić information content (AvgIpc) is 2.55. The van der Waals surface area contributed by atoms with Crippen molar-refractivity contribution in [2.75, 3.05) is 26.1 Å². The van der Waals surface area contributed by atoms with Gasteiger partial charge in [0.2, 0.25) is 0 Å². The van der Waals surface area contributed by atoms with E-state index >= 15 is 0 Å². The molecule has 1 N–H and O–H groups in total. The molecule has 0 saturated heterocycles. The van der Waals surface area contributed by atoms with Crippen LogP contribution in [0.25, 0.3) is 0 Å². The number of nitrogens with one attached hydrogen (secondary N) is 1. The third kappa shape index (κ3) is 3.87. The van der Waals surface area contributed by atoms with Crippen LogP contribution in [0.3, 0.4) is 0 Å². The fraction of sp³-hybridized carbons (Fsp3) is 0.235. The Bertz CT molecular complexity index is 703. The molecule has 122 valence electrons. The summed E-state index contributed by atoms with van der Waals surface area (Å²) in [5.74, 6) is 1.08. The van der Waals surface area contributed by atoms with Crippen LogP contribution in [0.1, 0.15) is 17.3 Å². The van der Waals surface area contributed by atoms with Gasteiger partial charge < -0.3 is 19.5 Å². The second-order valence-corrected chi connectivity index (χ2v) is 4.98. The van der Waals surface area contributed by atoms with Crippen LogP contribution in [0.2, 0.25) is 5.02 Å². The lowest BCUT2D eigenvalue weighted by Crippen LogP contribution is -2.13. The van der Waals surface area contributed by atoms with E-state index in [0.29, 0.717) is 40.1 Å². The first kappa shape index (κ1) is 17.0. The summed E-state index contributed by atoms with van der Waals surface area (Å²) >= 11 is 6.17. The minimum Gasteiger partial charge on any atom is -0.495 e. The molecular weight excluding hydrogens is 318 g/mol. The van der Waals surface area contributed by atoms with E-state index in [4.69, 9.17) is 25.8 Å². The number of carbonyl (C=O) groups excluding carboxylic acids is 1. The summed E-state index contributed by atoms with van der Waals surface area (Å²) in [6, 6.07) is 10.3. The molecule has 0 aliphatic rings. The molecule has 0 radical (unpaired) electrons. The molecule has 5 nitrogen and oxygen atoms in total. The number of hydrogen-bond acceptors (Lipinski definition) is 4.